The second-order valence-electron chi connectivity index (χ2n) is 8.74. The normalized spacial score (nSPS) is 13.5. The number of amides is 3. The van der Waals surface area contributed by atoms with Gasteiger partial charge in [0.05, 0.1) is 43.5 Å². The highest BCUT2D eigenvalue weighted by molar-refractivity contribution is 6.21. The van der Waals surface area contributed by atoms with Crippen LogP contribution in [0.15, 0.2) is 66.7 Å². The lowest BCUT2D eigenvalue weighted by atomic mass is 10.0. The predicted molar refractivity (Wildman–Crippen MR) is 135 cm³/mol. The van der Waals surface area contributed by atoms with E-state index in [1.807, 2.05) is 43.3 Å². The number of hydrogen-bond donors (Lipinski definition) is 1. The monoisotopic (exact) mass is 487 g/mol. The molecule has 0 saturated carbocycles. The summed E-state index contributed by atoms with van der Waals surface area (Å²) in [4.78, 5) is 41.9. The van der Waals surface area contributed by atoms with Crippen molar-refractivity contribution in [3.8, 4) is 11.5 Å². The van der Waals surface area contributed by atoms with Gasteiger partial charge in [0.1, 0.15) is 11.5 Å². The van der Waals surface area contributed by atoms with Crippen molar-refractivity contribution >= 4 is 17.7 Å². The molecule has 0 spiro atoms. The van der Waals surface area contributed by atoms with Gasteiger partial charge in [-0.25, -0.2) is 0 Å². The minimum absolute atomic E-state index is 0.0583. The molecule has 1 unspecified atom stereocenters. The van der Waals surface area contributed by atoms with Crippen LogP contribution in [-0.2, 0) is 6.54 Å². The molecule has 3 aromatic rings. The van der Waals surface area contributed by atoms with E-state index in [1.165, 1.54) is 12.0 Å². The van der Waals surface area contributed by atoms with Crippen LogP contribution in [0.1, 0.15) is 48.2 Å². The first-order chi connectivity index (χ1) is 17.3. The number of ether oxygens (including phenoxy) is 2. The Labute approximate surface area is 210 Å². The van der Waals surface area contributed by atoms with Crippen molar-refractivity contribution in [1.29, 1.82) is 0 Å². The van der Waals surface area contributed by atoms with Crippen molar-refractivity contribution in [3.63, 3.8) is 0 Å². The van der Waals surface area contributed by atoms with E-state index in [-0.39, 0.29) is 30.3 Å². The zero-order valence-electron chi connectivity index (χ0n) is 20.8. The zero-order chi connectivity index (χ0) is 25.8. The van der Waals surface area contributed by atoms with Gasteiger partial charge in [0.25, 0.3) is 17.7 Å². The van der Waals surface area contributed by atoms with Gasteiger partial charge in [-0.15, -0.1) is 0 Å². The Hall–Kier alpha value is -4.17. The molecule has 1 atom stereocenters. The lowest BCUT2D eigenvalue weighted by molar-refractivity contribution is 0.0642. The van der Waals surface area contributed by atoms with E-state index in [0.29, 0.717) is 34.5 Å². The van der Waals surface area contributed by atoms with E-state index in [1.54, 1.807) is 49.6 Å². The SMILES string of the molecule is COc1ccc(C(CNC(=O)c2cc(CN3C(=O)c4ccccc4C3=O)ccc2OC)N(C)C)cc1. The van der Waals surface area contributed by atoms with E-state index >= 15 is 0 Å². The van der Waals surface area contributed by atoms with Gasteiger partial charge in [-0.2, -0.15) is 0 Å². The summed E-state index contributed by atoms with van der Waals surface area (Å²) in [5.41, 5.74) is 2.80. The molecule has 8 heteroatoms. The molecular formula is C28H29N3O5. The van der Waals surface area contributed by atoms with E-state index in [9.17, 15) is 14.4 Å². The van der Waals surface area contributed by atoms with Crippen LogP contribution in [0.2, 0.25) is 0 Å². The number of hydrogen-bond acceptors (Lipinski definition) is 6. The van der Waals surface area contributed by atoms with Crippen molar-refractivity contribution in [1.82, 2.24) is 15.1 Å². The number of nitrogens with one attached hydrogen (secondary N) is 1. The highest BCUT2D eigenvalue weighted by atomic mass is 16.5. The van der Waals surface area contributed by atoms with Crippen LogP contribution in [-0.4, -0.2) is 62.4 Å². The summed E-state index contributed by atoms with van der Waals surface area (Å²) >= 11 is 0. The van der Waals surface area contributed by atoms with Gasteiger partial charge in [0.15, 0.2) is 0 Å². The largest absolute Gasteiger partial charge is 0.497 e. The van der Waals surface area contributed by atoms with E-state index < -0.39 is 0 Å². The number of imide groups is 1. The molecule has 0 bridgehead atoms. The second kappa shape index (κ2) is 10.6. The maximum Gasteiger partial charge on any atom is 0.261 e. The molecule has 8 nitrogen and oxygen atoms in total. The lowest BCUT2D eigenvalue weighted by Gasteiger charge is -2.25. The second-order valence-corrected chi connectivity index (χ2v) is 8.74. The Kier molecular flexibility index (Phi) is 7.36. The van der Waals surface area contributed by atoms with Crippen LogP contribution in [0.3, 0.4) is 0 Å². The van der Waals surface area contributed by atoms with Gasteiger partial charge in [-0.1, -0.05) is 30.3 Å². The molecular weight excluding hydrogens is 458 g/mol. The molecule has 0 aromatic heterocycles. The molecule has 0 fully saturated rings. The summed E-state index contributed by atoms with van der Waals surface area (Å²) in [5, 5.41) is 3.00. The standard InChI is InChI=1S/C28H29N3O5/c1-30(2)24(19-10-12-20(35-3)13-11-19)16-29-26(32)23-15-18(9-14-25(23)36-4)17-31-27(33)21-7-5-6-8-22(21)28(31)34/h5-15,24H,16-17H2,1-4H3,(H,29,32). The van der Waals surface area contributed by atoms with E-state index in [0.717, 1.165) is 11.3 Å². The minimum Gasteiger partial charge on any atom is -0.497 e. The number of carbonyl (C=O) groups is 3. The first-order valence-electron chi connectivity index (χ1n) is 11.5. The number of methoxy groups -OCH3 is 2. The molecule has 36 heavy (non-hydrogen) atoms. The van der Waals surface area contributed by atoms with Crippen molar-refractivity contribution in [3.05, 3.63) is 94.5 Å². The maximum atomic E-state index is 13.2. The first kappa shape index (κ1) is 24.9. The molecule has 1 N–H and O–H groups in total. The molecule has 1 aliphatic rings. The molecule has 3 amide bonds. The Balaban J connectivity index is 1.51. The van der Waals surface area contributed by atoms with Crippen LogP contribution in [0, 0.1) is 0 Å². The average Bonchev–Trinajstić information content (AvgIpc) is 3.13. The number of rotatable bonds is 9. The average molecular weight is 488 g/mol. The molecule has 1 aliphatic heterocycles. The van der Waals surface area contributed by atoms with Gasteiger partial charge < -0.3 is 19.7 Å². The number of benzene rings is 3. The van der Waals surface area contributed by atoms with Gasteiger partial charge >= 0.3 is 0 Å². The predicted octanol–water partition coefficient (Wildman–Crippen LogP) is 3.53. The highest BCUT2D eigenvalue weighted by Crippen LogP contribution is 2.27. The summed E-state index contributed by atoms with van der Waals surface area (Å²) in [6.07, 6.45) is 0. The fourth-order valence-corrected chi connectivity index (χ4v) is 4.31. The summed E-state index contributed by atoms with van der Waals surface area (Å²) in [6.45, 7) is 0.423. The van der Waals surface area contributed by atoms with Crippen LogP contribution in [0.25, 0.3) is 0 Å². The van der Waals surface area contributed by atoms with Gasteiger partial charge in [0, 0.05) is 6.54 Å². The first-order valence-corrected chi connectivity index (χ1v) is 11.5. The third kappa shape index (κ3) is 4.94. The lowest BCUT2D eigenvalue weighted by Crippen LogP contribution is -2.35. The van der Waals surface area contributed by atoms with Crippen LogP contribution < -0.4 is 14.8 Å². The van der Waals surface area contributed by atoms with Crippen LogP contribution >= 0.6 is 0 Å². The topological polar surface area (TPSA) is 88.2 Å². The molecule has 0 radical (unpaired) electrons. The Morgan fingerprint density at radius 2 is 1.56 bits per heavy atom. The van der Waals surface area contributed by atoms with E-state index in [2.05, 4.69) is 5.32 Å². The molecule has 1 heterocycles. The minimum atomic E-state index is -0.342. The summed E-state index contributed by atoms with van der Waals surface area (Å²) in [5.74, 6) is 0.178. The number of nitrogens with zero attached hydrogens (tertiary/aromatic N) is 2. The van der Waals surface area contributed by atoms with Crippen molar-refractivity contribution < 1.29 is 23.9 Å². The summed E-state index contributed by atoms with van der Waals surface area (Å²) in [6, 6.07) is 19.5. The third-order valence-electron chi connectivity index (χ3n) is 6.31. The fraction of sp³-hybridized carbons (Fsp3) is 0.250. The third-order valence-corrected chi connectivity index (χ3v) is 6.31. The van der Waals surface area contributed by atoms with Gasteiger partial charge in [-0.05, 0) is 61.6 Å². The van der Waals surface area contributed by atoms with Gasteiger partial charge in [0.2, 0.25) is 0 Å². The molecule has 186 valence electrons. The highest BCUT2D eigenvalue weighted by Gasteiger charge is 2.35. The molecule has 0 saturated heterocycles. The van der Waals surface area contributed by atoms with Crippen LogP contribution in [0.5, 0.6) is 11.5 Å². The summed E-state index contributed by atoms with van der Waals surface area (Å²) in [7, 11) is 7.01. The van der Waals surface area contributed by atoms with Crippen molar-refractivity contribution in [2.45, 2.75) is 12.6 Å². The number of likely N-dealkylation sites (N-methyl/N-ethyl adjacent to an activating group) is 1. The molecule has 0 aliphatic carbocycles. The molecule has 4 rings (SSSR count). The smallest absolute Gasteiger partial charge is 0.261 e. The van der Waals surface area contributed by atoms with E-state index in [4.69, 9.17) is 9.47 Å². The number of fused-ring (bicyclic) bond motifs is 1. The fourth-order valence-electron chi connectivity index (χ4n) is 4.31. The Morgan fingerprint density at radius 3 is 2.11 bits per heavy atom. The maximum absolute atomic E-state index is 13.2. The van der Waals surface area contributed by atoms with Crippen LogP contribution in [0.4, 0.5) is 0 Å². The quantitative estimate of drug-likeness (QED) is 0.465. The zero-order valence-corrected chi connectivity index (χ0v) is 20.8. The van der Waals surface area contributed by atoms with Gasteiger partial charge in [-0.3, -0.25) is 19.3 Å². The Bertz CT molecular complexity index is 1250. The molecule has 3 aromatic carbocycles. The van der Waals surface area contributed by atoms with Crippen molar-refractivity contribution in [2.75, 3.05) is 34.9 Å². The number of carbonyl (C=O) groups excluding carboxylic acids is 3. The summed E-state index contributed by atoms with van der Waals surface area (Å²) < 4.78 is 10.7. The Morgan fingerprint density at radius 1 is 0.917 bits per heavy atom. The van der Waals surface area contributed by atoms with Crippen molar-refractivity contribution in [2.24, 2.45) is 0 Å².